The largest absolute Gasteiger partial charge is 0.415 e. The van der Waals surface area contributed by atoms with Crippen LogP contribution in [0.5, 0.6) is 0 Å². The van der Waals surface area contributed by atoms with Crippen LogP contribution in [-0.4, -0.2) is 14.4 Å². The first-order chi connectivity index (χ1) is 8.39. The lowest BCUT2D eigenvalue weighted by molar-refractivity contribution is 0.233. The molecule has 0 spiro atoms. The molecule has 1 aromatic rings. The van der Waals surface area contributed by atoms with Crippen molar-refractivity contribution in [3.05, 3.63) is 48.0 Å². The molecule has 0 bridgehead atoms. The van der Waals surface area contributed by atoms with E-state index in [2.05, 4.69) is 45.4 Å². The third-order valence-electron chi connectivity index (χ3n) is 2.35. The van der Waals surface area contributed by atoms with Gasteiger partial charge in [0.2, 0.25) is 0 Å². The highest BCUT2D eigenvalue weighted by Crippen LogP contribution is 2.18. The lowest BCUT2D eigenvalue weighted by atomic mass is 10.2. The molecule has 0 saturated carbocycles. The van der Waals surface area contributed by atoms with E-state index in [9.17, 15) is 0 Å². The molecule has 0 heterocycles. The number of benzene rings is 1. The Morgan fingerprint density at radius 3 is 2.44 bits per heavy atom. The SMILES string of the molecule is C=C(C#Cc1ccccc1)C[Si](C)(C)OC(C)C. The van der Waals surface area contributed by atoms with Gasteiger partial charge in [0, 0.05) is 11.7 Å². The van der Waals surface area contributed by atoms with E-state index in [1.165, 1.54) is 0 Å². The second-order valence-electron chi connectivity index (χ2n) is 5.32. The Morgan fingerprint density at radius 1 is 1.28 bits per heavy atom. The first kappa shape index (κ1) is 14.8. The van der Waals surface area contributed by atoms with Crippen molar-refractivity contribution in [2.75, 3.05) is 0 Å². The fraction of sp³-hybridized carbons (Fsp3) is 0.375. The highest BCUT2D eigenvalue weighted by Gasteiger charge is 2.24. The van der Waals surface area contributed by atoms with E-state index < -0.39 is 8.32 Å². The first-order valence-corrected chi connectivity index (χ1v) is 9.43. The van der Waals surface area contributed by atoms with Crippen LogP contribution in [0.1, 0.15) is 19.4 Å². The summed E-state index contributed by atoms with van der Waals surface area (Å²) in [6.45, 7) is 12.6. The summed E-state index contributed by atoms with van der Waals surface area (Å²) in [5.41, 5.74) is 2.00. The van der Waals surface area contributed by atoms with Crippen LogP contribution in [0.25, 0.3) is 0 Å². The maximum Gasteiger partial charge on any atom is 0.192 e. The van der Waals surface area contributed by atoms with Gasteiger partial charge in [-0.3, -0.25) is 0 Å². The zero-order chi connectivity index (χ0) is 13.6. The van der Waals surface area contributed by atoms with Gasteiger partial charge < -0.3 is 4.43 Å². The van der Waals surface area contributed by atoms with E-state index in [0.717, 1.165) is 17.2 Å². The Bertz CT molecular complexity index is 449. The number of allylic oxidation sites excluding steroid dienone is 1. The van der Waals surface area contributed by atoms with Crippen molar-refractivity contribution in [3.63, 3.8) is 0 Å². The van der Waals surface area contributed by atoms with Gasteiger partial charge in [0.15, 0.2) is 8.32 Å². The Kier molecular flexibility index (Phi) is 5.40. The van der Waals surface area contributed by atoms with Crippen molar-refractivity contribution in [2.45, 2.75) is 39.1 Å². The Hall–Kier alpha value is -1.30. The van der Waals surface area contributed by atoms with Gasteiger partial charge in [0.05, 0.1) is 0 Å². The first-order valence-electron chi connectivity index (χ1n) is 6.32. The molecule has 0 amide bonds. The maximum absolute atomic E-state index is 5.97. The second-order valence-corrected chi connectivity index (χ2v) is 9.43. The average Bonchev–Trinajstić information content (AvgIpc) is 2.25. The average molecular weight is 258 g/mol. The fourth-order valence-electron chi connectivity index (χ4n) is 1.92. The fourth-order valence-corrected chi connectivity index (χ4v) is 4.40. The summed E-state index contributed by atoms with van der Waals surface area (Å²) in [7, 11) is -1.67. The lowest BCUT2D eigenvalue weighted by Gasteiger charge is -2.25. The number of hydrogen-bond acceptors (Lipinski definition) is 1. The van der Waals surface area contributed by atoms with E-state index in [-0.39, 0.29) is 6.10 Å². The third-order valence-corrected chi connectivity index (χ3v) is 4.74. The van der Waals surface area contributed by atoms with Gasteiger partial charge in [0.25, 0.3) is 0 Å². The topological polar surface area (TPSA) is 9.23 Å². The highest BCUT2D eigenvalue weighted by molar-refractivity contribution is 6.71. The summed E-state index contributed by atoms with van der Waals surface area (Å²) < 4.78 is 5.97. The van der Waals surface area contributed by atoms with Crippen LogP contribution >= 0.6 is 0 Å². The van der Waals surface area contributed by atoms with Gasteiger partial charge in [-0.1, -0.05) is 36.6 Å². The summed E-state index contributed by atoms with van der Waals surface area (Å²) in [6, 6.07) is 10.9. The van der Waals surface area contributed by atoms with Crippen molar-refractivity contribution >= 4 is 8.32 Å². The quantitative estimate of drug-likeness (QED) is 0.580. The molecule has 96 valence electrons. The molecule has 0 aliphatic rings. The van der Waals surface area contributed by atoms with Crippen LogP contribution in [0.2, 0.25) is 19.1 Å². The predicted octanol–water partition coefficient (Wildman–Crippen LogP) is 4.22. The predicted molar refractivity (Wildman–Crippen MR) is 81.0 cm³/mol. The molecule has 0 aromatic heterocycles. The minimum absolute atomic E-state index is 0.279. The summed E-state index contributed by atoms with van der Waals surface area (Å²) >= 11 is 0. The second kappa shape index (κ2) is 6.58. The summed E-state index contributed by atoms with van der Waals surface area (Å²) in [5.74, 6) is 6.28. The van der Waals surface area contributed by atoms with Crippen molar-refractivity contribution in [1.29, 1.82) is 0 Å². The molecule has 1 aromatic carbocycles. The minimum Gasteiger partial charge on any atom is -0.415 e. The molecular weight excluding hydrogens is 236 g/mol. The normalized spacial score (nSPS) is 10.9. The van der Waals surface area contributed by atoms with Gasteiger partial charge in [-0.15, -0.1) is 0 Å². The third kappa shape index (κ3) is 5.86. The molecule has 2 heteroatoms. The maximum atomic E-state index is 5.97. The molecule has 0 fully saturated rings. The monoisotopic (exact) mass is 258 g/mol. The van der Waals surface area contributed by atoms with E-state index in [0.29, 0.717) is 0 Å². The van der Waals surface area contributed by atoms with E-state index in [1.807, 2.05) is 30.3 Å². The van der Waals surface area contributed by atoms with Crippen LogP contribution < -0.4 is 0 Å². The molecule has 1 rings (SSSR count). The van der Waals surface area contributed by atoms with Gasteiger partial charge >= 0.3 is 0 Å². The van der Waals surface area contributed by atoms with Crippen molar-refractivity contribution in [3.8, 4) is 11.8 Å². The Labute approximate surface area is 112 Å². The molecule has 0 radical (unpaired) electrons. The molecule has 0 aliphatic heterocycles. The summed E-state index contributed by atoms with van der Waals surface area (Å²) in [5, 5.41) is 0. The lowest BCUT2D eigenvalue weighted by Crippen LogP contribution is -2.33. The molecule has 0 atom stereocenters. The summed E-state index contributed by atoms with van der Waals surface area (Å²) in [6.07, 6.45) is 0.279. The molecule has 0 unspecified atom stereocenters. The van der Waals surface area contributed by atoms with Crippen LogP contribution in [0, 0.1) is 11.8 Å². The van der Waals surface area contributed by atoms with E-state index >= 15 is 0 Å². The zero-order valence-electron chi connectivity index (χ0n) is 11.8. The Morgan fingerprint density at radius 2 is 1.89 bits per heavy atom. The smallest absolute Gasteiger partial charge is 0.192 e. The molecule has 1 nitrogen and oxygen atoms in total. The van der Waals surface area contributed by atoms with Crippen LogP contribution in [0.4, 0.5) is 0 Å². The highest BCUT2D eigenvalue weighted by atomic mass is 28.4. The molecule has 0 aliphatic carbocycles. The number of rotatable bonds is 4. The number of hydrogen-bond donors (Lipinski definition) is 0. The molecule has 0 saturated heterocycles. The molecular formula is C16H22OSi. The van der Waals surface area contributed by atoms with Crippen LogP contribution in [0.15, 0.2) is 42.5 Å². The zero-order valence-corrected chi connectivity index (χ0v) is 12.8. The van der Waals surface area contributed by atoms with Gasteiger partial charge in [-0.05, 0) is 50.7 Å². The van der Waals surface area contributed by atoms with Gasteiger partial charge in [-0.2, -0.15) is 0 Å². The van der Waals surface area contributed by atoms with Crippen molar-refractivity contribution in [1.82, 2.24) is 0 Å². The van der Waals surface area contributed by atoms with Crippen LogP contribution in [0.3, 0.4) is 0 Å². The van der Waals surface area contributed by atoms with E-state index in [1.54, 1.807) is 0 Å². The van der Waals surface area contributed by atoms with Crippen molar-refractivity contribution < 1.29 is 4.43 Å². The molecule has 18 heavy (non-hydrogen) atoms. The van der Waals surface area contributed by atoms with Gasteiger partial charge in [0.1, 0.15) is 0 Å². The van der Waals surface area contributed by atoms with Crippen molar-refractivity contribution in [2.24, 2.45) is 0 Å². The minimum atomic E-state index is -1.67. The van der Waals surface area contributed by atoms with Gasteiger partial charge in [-0.25, -0.2) is 0 Å². The standard InChI is InChI=1S/C16H22OSi/c1-14(2)17-18(4,5)13-15(3)11-12-16-9-7-6-8-10-16/h6-10,14H,3,13H2,1-2,4-5H3. The molecule has 0 N–H and O–H groups in total. The van der Waals surface area contributed by atoms with E-state index in [4.69, 9.17) is 4.43 Å². The Balaban J connectivity index is 2.60. The van der Waals surface area contributed by atoms with Crippen LogP contribution in [-0.2, 0) is 4.43 Å². The summed E-state index contributed by atoms with van der Waals surface area (Å²) in [4.78, 5) is 0.